The molecule has 0 spiro atoms. The van der Waals surface area contributed by atoms with Gasteiger partial charge in [0.2, 0.25) is 17.7 Å². The maximum atomic E-state index is 11.3. The molecule has 5 N–H and O–H groups in total. The maximum absolute atomic E-state index is 11.3. The van der Waals surface area contributed by atoms with Gasteiger partial charge < -0.3 is 21.7 Å². The van der Waals surface area contributed by atoms with Gasteiger partial charge in [-0.15, -0.1) is 0 Å². The van der Waals surface area contributed by atoms with Crippen molar-refractivity contribution < 1.29 is 19.2 Å². The van der Waals surface area contributed by atoms with E-state index in [9.17, 15) is 19.2 Å². The second kappa shape index (κ2) is 9.03. The molecule has 0 bridgehead atoms. The monoisotopic (exact) mass is 272 g/mol. The topological polar surface area (TPSA) is 130 Å². The first-order valence-corrected chi connectivity index (χ1v) is 5.89. The minimum Gasteiger partial charge on any atom is -0.347 e. The molecule has 108 valence electrons. The van der Waals surface area contributed by atoms with Crippen LogP contribution in [0.5, 0.6) is 0 Å². The summed E-state index contributed by atoms with van der Waals surface area (Å²) in [5.74, 6) is -1.67. The third kappa shape index (κ3) is 8.72. The molecule has 8 heteroatoms. The molecule has 8 nitrogen and oxygen atoms in total. The molecule has 0 rings (SSSR count). The summed E-state index contributed by atoms with van der Waals surface area (Å²) in [4.78, 5) is 44.5. The fourth-order valence-corrected chi connectivity index (χ4v) is 0.945. The average molecular weight is 272 g/mol. The summed E-state index contributed by atoms with van der Waals surface area (Å²) in [6, 6.07) is 0. The Labute approximate surface area is 111 Å². The van der Waals surface area contributed by atoms with Crippen molar-refractivity contribution in [1.82, 2.24) is 16.0 Å². The quantitative estimate of drug-likeness (QED) is 0.388. The Kier molecular flexibility index (Phi) is 8.10. The SMILES string of the molecule is CC(C)C(=O)CNC(=O)CNC(=O)CNC(=O)CN. The summed E-state index contributed by atoms with van der Waals surface area (Å²) in [5.41, 5.74) is 5.03. The molecular formula is C11H20N4O4. The van der Waals surface area contributed by atoms with Gasteiger partial charge in [0.05, 0.1) is 26.2 Å². The summed E-state index contributed by atoms with van der Waals surface area (Å²) in [5, 5.41) is 6.94. The van der Waals surface area contributed by atoms with Crippen molar-refractivity contribution in [2.75, 3.05) is 26.2 Å². The summed E-state index contributed by atoms with van der Waals surface area (Å²) in [6.45, 7) is 2.71. The van der Waals surface area contributed by atoms with Crippen LogP contribution in [0.3, 0.4) is 0 Å². The van der Waals surface area contributed by atoms with Crippen molar-refractivity contribution in [2.24, 2.45) is 11.7 Å². The lowest BCUT2D eigenvalue weighted by Gasteiger charge is -2.08. The standard InChI is InChI=1S/C11H20N4O4/c1-7(2)8(16)4-13-10(18)6-15-11(19)5-14-9(17)3-12/h7H,3-6,12H2,1-2H3,(H,13,18)(H,14,17)(H,15,19). The molecule has 3 amide bonds. The van der Waals surface area contributed by atoms with Crippen LogP contribution in [-0.4, -0.2) is 49.7 Å². The highest BCUT2D eigenvalue weighted by Gasteiger charge is 2.10. The summed E-state index contributed by atoms with van der Waals surface area (Å²) >= 11 is 0. The van der Waals surface area contributed by atoms with Gasteiger partial charge in [0.25, 0.3) is 0 Å². The highest BCUT2D eigenvalue weighted by Crippen LogP contribution is 1.91. The molecule has 0 fully saturated rings. The number of carbonyl (C=O) groups is 4. The smallest absolute Gasteiger partial charge is 0.239 e. The van der Waals surface area contributed by atoms with Crippen LogP contribution in [0.2, 0.25) is 0 Å². The predicted octanol–water partition coefficient (Wildman–Crippen LogP) is -2.48. The Bertz CT molecular complexity index is 355. The molecule has 0 aromatic heterocycles. The van der Waals surface area contributed by atoms with Gasteiger partial charge >= 0.3 is 0 Å². The summed E-state index contributed by atoms with van der Waals surface area (Å²) in [7, 11) is 0. The van der Waals surface area contributed by atoms with Gasteiger partial charge in [-0.2, -0.15) is 0 Å². The molecule has 0 radical (unpaired) electrons. The Morgan fingerprint density at radius 1 is 0.842 bits per heavy atom. The predicted molar refractivity (Wildman–Crippen MR) is 67.9 cm³/mol. The fraction of sp³-hybridized carbons (Fsp3) is 0.636. The lowest BCUT2D eigenvalue weighted by atomic mass is 10.1. The minimum absolute atomic E-state index is 0.0592. The number of hydrogen-bond acceptors (Lipinski definition) is 5. The number of amides is 3. The zero-order valence-corrected chi connectivity index (χ0v) is 11.1. The van der Waals surface area contributed by atoms with Gasteiger partial charge in [0.15, 0.2) is 5.78 Å². The number of ketones is 1. The van der Waals surface area contributed by atoms with E-state index < -0.39 is 17.7 Å². The van der Waals surface area contributed by atoms with Gasteiger partial charge in [-0.25, -0.2) is 0 Å². The first kappa shape index (κ1) is 17.0. The highest BCUT2D eigenvalue weighted by atomic mass is 16.2. The number of hydrogen-bond donors (Lipinski definition) is 4. The van der Waals surface area contributed by atoms with Crippen LogP contribution in [0.25, 0.3) is 0 Å². The molecule has 0 aliphatic heterocycles. The minimum atomic E-state index is -0.507. The van der Waals surface area contributed by atoms with E-state index in [1.807, 2.05) is 0 Å². The summed E-state index contributed by atoms with van der Waals surface area (Å²) in [6.07, 6.45) is 0. The second-order valence-electron chi connectivity index (χ2n) is 4.16. The molecule has 0 unspecified atom stereocenters. The molecule has 0 aromatic carbocycles. The van der Waals surface area contributed by atoms with Crippen molar-refractivity contribution in [3.05, 3.63) is 0 Å². The molecule has 0 saturated carbocycles. The zero-order chi connectivity index (χ0) is 14.8. The van der Waals surface area contributed by atoms with Crippen molar-refractivity contribution in [3.63, 3.8) is 0 Å². The van der Waals surface area contributed by atoms with Crippen LogP contribution >= 0.6 is 0 Å². The van der Waals surface area contributed by atoms with Crippen LogP contribution in [0.15, 0.2) is 0 Å². The Morgan fingerprint density at radius 3 is 1.68 bits per heavy atom. The Morgan fingerprint density at radius 2 is 1.26 bits per heavy atom. The molecule has 0 saturated heterocycles. The highest BCUT2D eigenvalue weighted by molar-refractivity contribution is 5.90. The van der Waals surface area contributed by atoms with Gasteiger partial charge in [0.1, 0.15) is 0 Å². The zero-order valence-electron chi connectivity index (χ0n) is 11.1. The molecule has 0 aliphatic carbocycles. The Balaban J connectivity index is 3.75. The normalized spacial score (nSPS) is 9.89. The number of nitrogens with two attached hydrogens (primary N) is 1. The number of rotatable bonds is 8. The van der Waals surface area contributed by atoms with Gasteiger partial charge in [-0.1, -0.05) is 13.8 Å². The van der Waals surface area contributed by atoms with E-state index in [4.69, 9.17) is 5.73 Å². The first-order chi connectivity index (χ1) is 8.86. The van der Waals surface area contributed by atoms with Crippen LogP contribution in [0.4, 0.5) is 0 Å². The lowest BCUT2D eigenvalue weighted by molar-refractivity contribution is -0.128. The van der Waals surface area contributed by atoms with Crippen molar-refractivity contribution in [1.29, 1.82) is 0 Å². The molecule has 0 aliphatic rings. The largest absolute Gasteiger partial charge is 0.347 e. The third-order valence-corrected chi connectivity index (χ3v) is 2.18. The molecule has 19 heavy (non-hydrogen) atoms. The third-order valence-electron chi connectivity index (χ3n) is 2.18. The molecule has 0 heterocycles. The van der Waals surface area contributed by atoms with Crippen LogP contribution < -0.4 is 21.7 Å². The van der Waals surface area contributed by atoms with E-state index in [0.717, 1.165) is 0 Å². The van der Waals surface area contributed by atoms with Gasteiger partial charge in [0, 0.05) is 5.92 Å². The van der Waals surface area contributed by atoms with Crippen molar-refractivity contribution in [2.45, 2.75) is 13.8 Å². The van der Waals surface area contributed by atoms with Crippen molar-refractivity contribution >= 4 is 23.5 Å². The van der Waals surface area contributed by atoms with Gasteiger partial charge in [-0.05, 0) is 0 Å². The lowest BCUT2D eigenvalue weighted by Crippen LogP contribution is -2.44. The number of carbonyl (C=O) groups excluding carboxylic acids is 4. The summed E-state index contributed by atoms with van der Waals surface area (Å²) < 4.78 is 0. The first-order valence-electron chi connectivity index (χ1n) is 5.89. The maximum Gasteiger partial charge on any atom is 0.239 e. The fourth-order valence-electron chi connectivity index (χ4n) is 0.945. The number of Topliss-reactive ketones (excluding diaryl/α,β-unsaturated/α-hetero) is 1. The van der Waals surface area contributed by atoms with Crippen molar-refractivity contribution in [3.8, 4) is 0 Å². The molecule has 0 aromatic rings. The van der Waals surface area contributed by atoms with E-state index in [1.54, 1.807) is 13.8 Å². The number of nitrogens with one attached hydrogen (secondary N) is 3. The van der Waals surface area contributed by atoms with Gasteiger partial charge in [-0.3, -0.25) is 19.2 Å². The van der Waals surface area contributed by atoms with Crippen LogP contribution in [-0.2, 0) is 19.2 Å². The molecular weight excluding hydrogens is 252 g/mol. The van der Waals surface area contributed by atoms with E-state index in [2.05, 4.69) is 16.0 Å². The average Bonchev–Trinajstić information content (AvgIpc) is 2.39. The Hall–Kier alpha value is -1.96. The van der Waals surface area contributed by atoms with E-state index in [0.29, 0.717) is 0 Å². The van der Waals surface area contributed by atoms with Crippen LogP contribution in [0.1, 0.15) is 13.8 Å². The van der Waals surface area contributed by atoms with Crippen LogP contribution in [0, 0.1) is 5.92 Å². The molecule has 0 atom stereocenters. The van der Waals surface area contributed by atoms with E-state index in [-0.39, 0.29) is 37.9 Å². The van der Waals surface area contributed by atoms with E-state index in [1.165, 1.54) is 0 Å². The van der Waals surface area contributed by atoms with E-state index >= 15 is 0 Å². The second-order valence-corrected chi connectivity index (χ2v) is 4.16.